The quantitative estimate of drug-likeness (QED) is 0.775. The Hall–Kier alpha value is -3.40. The first-order valence-corrected chi connectivity index (χ1v) is 9.58. The van der Waals surface area contributed by atoms with Gasteiger partial charge in [-0.15, -0.1) is 0 Å². The molecule has 1 fully saturated rings. The highest BCUT2D eigenvalue weighted by Gasteiger charge is 2.26. The lowest BCUT2D eigenvalue weighted by molar-refractivity contribution is 0.0631. The number of hydrogen-bond acceptors (Lipinski definition) is 6. The van der Waals surface area contributed by atoms with Gasteiger partial charge >= 0.3 is 0 Å². The van der Waals surface area contributed by atoms with Gasteiger partial charge in [0.15, 0.2) is 23.0 Å². The van der Waals surface area contributed by atoms with Crippen LogP contribution >= 0.6 is 0 Å². The first-order chi connectivity index (χ1) is 14.2. The van der Waals surface area contributed by atoms with Crippen molar-refractivity contribution in [2.75, 3.05) is 33.6 Å². The monoisotopic (exact) mass is 394 g/mol. The largest absolute Gasteiger partial charge is 0.493 e. The Labute approximate surface area is 169 Å². The average molecular weight is 394 g/mol. The molecule has 29 heavy (non-hydrogen) atoms. The molecule has 2 aromatic rings. The van der Waals surface area contributed by atoms with Crippen LogP contribution < -0.4 is 18.9 Å². The molecule has 0 saturated carbocycles. The van der Waals surface area contributed by atoms with Gasteiger partial charge in [0.05, 0.1) is 25.3 Å². The number of hydrogen-bond donors (Lipinski definition) is 0. The summed E-state index contributed by atoms with van der Waals surface area (Å²) >= 11 is 0. The predicted molar refractivity (Wildman–Crippen MR) is 104 cm³/mol. The van der Waals surface area contributed by atoms with Crippen LogP contribution in [0.2, 0.25) is 0 Å². The van der Waals surface area contributed by atoms with Crippen LogP contribution in [0, 0.1) is 17.2 Å². The molecule has 2 aliphatic rings. The second-order valence-electron chi connectivity index (χ2n) is 7.12. The number of piperidine rings is 1. The molecule has 1 saturated heterocycles. The highest BCUT2D eigenvalue weighted by atomic mass is 16.7. The van der Waals surface area contributed by atoms with E-state index >= 15 is 0 Å². The normalized spacial score (nSPS) is 17.5. The van der Waals surface area contributed by atoms with E-state index < -0.39 is 0 Å². The molecule has 0 spiro atoms. The summed E-state index contributed by atoms with van der Waals surface area (Å²) in [5, 5.41) is 9.01. The molecular weight excluding hydrogens is 372 g/mol. The number of carbonyl (C=O) groups excluding carboxylic acids is 1. The minimum absolute atomic E-state index is 0.0102. The predicted octanol–water partition coefficient (Wildman–Crippen LogP) is 3.23. The molecule has 0 N–H and O–H groups in total. The standard InChI is InChI=1S/C22H22N2O5/c1-26-20-9-15(11-23)4-6-18(20)27-13-16-3-2-8-24(12-16)22(25)17-5-7-19-21(10-17)29-14-28-19/h4-7,9-10,16H,2-3,8,12-14H2,1H3. The van der Waals surface area contributed by atoms with Crippen molar-refractivity contribution in [1.82, 2.24) is 4.90 Å². The zero-order chi connectivity index (χ0) is 20.2. The maximum atomic E-state index is 12.9. The Morgan fingerprint density at radius 3 is 2.90 bits per heavy atom. The number of nitrogens with zero attached hydrogens (tertiary/aromatic N) is 2. The summed E-state index contributed by atoms with van der Waals surface area (Å²) in [4.78, 5) is 14.8. The first kappa shape index (κ1) is 18.9. The van der Waals surface area contributed by atoms with Gasteiger partial charge in [-0.05, 0) is 43.2 Å². The van der Waals surface area contributed by atoms with Crippen molar-refractivity contribution in [3.8, 4) is 29.1 Å². The van der Waals surface area contributed by atoms with E-state index in [9.17, 15) is 4.79 Å². The highest BCUT2D eigenvalue weighted by Crippen LogP contribution is 2.33. The summed E-state index contributed by atoms with van der Waals surface area (Å²) in [5.74, 6) is 2.63. The fourth-order valence-corrected chi connectivity index (χ4v) is 3.66. The number of benzene rings is 2. The van der Waals surface area contributed by atoms with Crippen molar-refractivity contribution in [2.24, 2.45) is 5.92 Å². The van der Waals surface area contributed by atoms with Crippen LogP contribution in [0.4, 0.5) is 0 Å². The van der Waals surface area contributed by atoms with Crippen LogP contribution in [-0.4, -0.2) is 44.4 Å². The Morgan fingerprint density at radius 2 is 2.07 bits per heavy atom. The minimum atomic E-state index is -0.0102. The summed E-state index contributed by atoms with van der Waals surface area (Å²) in [7, 11) is 1.55. The molecular formula is C22H22N2O5. The van der Waals surface area contributed by atoms with Crippen molar-refractivity contribution < 1.29 is 23.7 Å². The van der Waals surface area contributed by atoms with Gasteiger partial charge in [-0.25, -0.2) is 0 Å². The molecule has 2 aliphatic heterocycles. The zero-order valence-electron chi connectivity index (χ0n) is 16.2. The number of ether oxygens (including phenoxy) is 4. The van der Waals surface area contributed by atoms with Crippen LogP contribution in [0.1, 0.15) is 28.8 Å². The summed E-state index contributed by atoms with van der Waals surface area (Å²) in [6.45, 7) is 2.03. The van der Waals surface area contributed by atoms with Crippen LogP contribution in [0.25, 0.3) is 0 Å². The minimum Gasteiger partial charge on any atom is -0.493 e. The van der Waals surface area contributed by atoms with Gasteiger partial charge < -0.3 is 23.8 Å². The Morgan fingerprint density at radius 1 is 1.21 bits per heavy atom. The number of carbonyl (C=O) groups is 1. The summed E-state index contributed by atoms with van der Waals surface area (Å²) < 4.78 is 22.0. The van der Waals surface area contributed by atoms with Gasteiger partial charge in [0.2, 0.25) is 6.79 Å². The third kappa shape index (κ3) is 4.06. The Balaban J connectivity index is 1.39. The van der Waals surface area contributed by atoms with Crippen LogP contribution in [-0.2, 0) is 0 Å². The molecule has 1 unspecified atom stereocenters. The topological polar surface area (TPSA) is 81.0 Å². The average Bonchev–Trinajstić information content (AvgIpc) is 3.25. The molecule has 7 nitrogen and oxygen atoms in total. The smallest absolute Gasteiger partial charge is 0.254 e. The Bertz CT molecular complexity index is 953. The maximum Gasteiger partial charge on any atom is 0.254 e. The molecule has 150 valence electrons. The number of methoxy groups -OCH3 is 1. The summed E-state index contributed by atoms with van der Waals surface area (Å²) in [6.07, 6.45) is 1.92. The lowest BCUT2D eigenvalue weighted by Crippen LogP contribution is -2.41. The number of rotatable bonds is 5. The molecule has 4 rings (SSSR count). The third-order valence-corrected chi connectivity index (χ3v) is 5.19. The molecule has 0 aromatic heterocycles. The molecule has 1 amide bonds. The summed E-state index contributed by atoms with van der Waals surface area (Å²) in [5.41, 5.74) is 1.12. The number of amides is 1. The fraction of sp³-hybridized carbons (Fsp3) is 0.364. The van der Waals surface area contributed by atoms with Gasteiger partial charge in [0.25, 0.3) is 5.91 Å². The second-order valence-corrected chi connectivity index (χ2v) is 7.12. The van der Waals surface area contributed by atoms with Crippen molar-refractivity contribution in [3.63, 3.8) is 0 Å². The maximum absolute atomic E-state index is 12.9. The molecule has 2 aromatic carbocycles. The van der Waals surface area contributed by atoms with E-state index in [0.29, 0.717) is 47.3 Å². The van der Waals surface area contributed by atoms with E-state index in [1.807, 2.05) is 4.90 Å². The van der Waals surface area contributed by atoms with E-state index in [0.717, 1.165) is 19.4 Å². The van der Waals surface area contributed by atoms with Crippen molar-refractivity contribution in [1.29, 1.82) is 5.26 Å². The third-order valence-electron chi connectivity index (χ3n) is 5.19. The van der Waals surface area contributed by atoms with Gasteiger partial charge in [0.1, 0.15) is 0 Å². The molecule has 0 bridgehead atoms. The molecule has 1 atom stereocenters. The molecule has 0 aliphatic carbocycles. The van der Waals surface area contributed by atoms with E-state index in [1.165, 1.54) is 0 Å². The van der Waals surface area contributed by atoms with Crippen molar-refractivity contribution >= 4 is 5.91 Å². The van der Waals surface area contributed by atoms with Crippen molar-refractivity contribution in [2.45, 2.75) is 12.8 Å². The van der Waals surface area contributed by atoms with E-state index in [1.54, 1.807) is 43.5 Å². The van der Waals surface area contributed by atoms with Gasteiger partial charge in [-0.1, -0.05) is 0 Å². The highest BCUT2D eigenvalue weighted by molar-refractivity contribution is 5.95. The van der Waals surface area contributed by atoms with Crippen LogP contribution in [0.5, 0.6) is 23.0 Å². The number of nitriles is 1. The van der Waals surface area contributed by atoms with Gasteiger partial charge in [0, 0.05) is 30.6 Å². The Kier molecular flexibility index (Phi) is 5.43. The molecule has 2 heterocycles. The van der Waals surface area contributed by atoms with Gasteiger partial charge in [-0.2, -0.15) is 5.26 Å². The number of fused-ring (bicyclic) bond motifs is 1. The van der Waals surface area contributed by atoms with Gasteiger partial charge in [-0.3, -0.25) is 4.79 Å². The second kappa shape index (κ2) is 8.31. The zero-order valence-corrected chi connectivity index (χ0v) is 16.2. The first-order valence-electron chi connectivity index (χ1n) is 9.58. The summed E-state index contributed by atoms with van der Waals surface area (Å²) in [6, 6.07) is 12.5. The number of likely N-dealkylation sites (tertiary alicyclic amines) is 1. The molecule has 0 radical (unpaired) electrons. The van der Waals surface area contributed by atoms with E-state index in [2.05, 4.69) is 6.07 Å². The SMILES string of the molecule is COc1cc(C#N)ccc1OCC1CCCN(C(=O)c2ccc3c(c2)OCO3)C1. The lowest BCUT2D eigenvalue weighted by Gasteiger charge is -2.32. The van der Waals surface area contributed by atoms with E-state index in [-0.39, 0.29) is 18.6 Å². The van der Waals surface area contributed by atoms with Crippen molar-refractivity contribution in [3.05, 3.63) is 47.5 Å². The van der Waals surface area contributed by atoms with Crippen LogP contribution in [0.3, 0.4) is 0 Å². The van der Waals surface area contributed by atoms with Crippen LogP contribution in [0.15, 0.2) is 36.4 Å². The fourth-order valence-electron chi connectivity index (χ4n) is 3.66. The lowest BCUT2D eigenvalue weighted by atomic mass is 9.98. The molecule has 7 heteroatoms. The van der Waals surface area contributed by atoms with E-state index in [4.69, 9.17) is 24.2 Å².